The Morgan fingerprint density at radius 1 is 1.50 bits per heavy atom. The molecule has 1 aromatic heterocycles. The van der Waals surface area contributed by atoms with Gasteiger partial charge in [-0.3, -0.25) is 4.98 Å². The number of rotatable bonds is 3. The van der Waals surface area contributed by atoms with Gasteiger partial charge in [0.05, 0.1) is 6.10 Å². The first kappa shape index (κ1) is 11.1. The second-order valence-corrected chi connectivity index (χ2v) is 4.03. The minimum absolute atomic E-state index is 0.157. The van der Waals surface area contributed by atoms with Gasteiger partial charge in [0.25, 0.3) is 0 Å². The van der Waals surface area contributed by atoms with Crippen molar-refractivity contribution in [3.63, 3.8) is 0 Å². The predicted octanol–water partition coefficient (Wildman–Crippen LogP) is 2.61. The molecular weight excluding hydrogens is 181 g/mol. The summed E-state index contributed by atoms with van der Waals surface area (Å²) >= 11 is 0. The van der Waals surface area contributed by atoms with Crippen molar-refractivity contribution in [1.29, 1.82) is 0 Å². The Kier molecular flexibility index (Phi) is 3.58. The largest absolute Gasteiger partial charge is 0.387 e. The average molecular weight is 197 g/mol. The SMILES string of the molecule is Cc1cnc(C(O)CC(C)C)c(F)c1. The van der Waals surface area contributed by atoms with E-state index in [4.69, 9.17) is 0 Å². The van der Waals surface area contributed by atoms with E-state index in [0.717, 1.165) is 5.56 Å². The van der Waals surface area contributed by atoms with E-state index in [1.165, 1.54) is 6.07 Å². The molecule has 78 valence electrons. The maximum Gasteiger partial charge on any atom is 0.147 e. The summed E-state index contributed by atoms with van der Waals surface area (Å²) in [5.74, 6) is -0.0920. The van der Waals surface area contributed by atoms with Crippen LogP contribution in [-0.2, 0) is 0 Å². The lowest BCUT2D eigenvalue weighted by molar-refractivity contribution is 0.142. The summed E-state index contributed by atoms with van der Waals surface area (Å²) < 4.78 is 13.3. The number of aliphatic hydroxyl groups is 1. The highest BCUT2D eigenvalue weighted by Crippen LogP contribution is 2.21. The van der Waals surface area contributed by atoms with Crippen molar-refractivity contribution in [2.75, 3.05) is 0 Å². The van der Waals surface area contributed by atoms with E-state index in [9.17, 15) is 9.50 Å². The normalized spacial score (nSPS) is 13.3. The smallest absolute Gasteiger partial charge is 0.147 e. The van der Waals surface area contributed by atoms with Gasteiger partial charge in [-0.15, -0.1) is 0 Å². The van der Waals surface area contributed by atoms with Crippen LogP contribution in [0.15, 0.2) is 12.3 Å². The van der Waals surface area contributed by atoms with Crippen molar-refractivity contribution in [3.8, 4) is 0 Å². The van der Waals surface area contributed by atoms with Crippen LogP contribution >= 0.6 is 0 Å². The first-order valence-corrected chi connectivity index (χ1v) is 4.80. The van der Waals surface area contributed by atoms with E-state index in [1.807, 2.05) is 13.8 Å². The molecule has 0 saturated carbocycles. The summed E-state index contributed by atoms with van der Waals surface area (Å²) in [4.78, 5) is 3.91. The standard InChI is InChI=1S/C11H16FNO/c1-7(2)4-10(14)11-9(12)5-8(3)6-13-11/h5-7,10,14H,4H2,1-3H3. The quantitative estimate of drug-likeness (QED) is 0.808. The molecule has 3 heteroatoms. The highest BCUT2D eigenvalue weighted by Gasteiger charge is 2.15. The second kappa shape index (κ2) is 4.51. The molecule has 1 unspecified atom stereocenters. The van der Waals surface area contributed by atoms with Gasteiger partial charge in [0.15, 0.2) is 0 Å². The third-order valence-electron chi connectivity index (χ3n) is 2.02. The van der Waals surface area contributed by atoms with E-state index >= 15 is 0 Å². The topological polar surface area (TPSA) is 33.1 Å². The van der Waals surface area contributed by atoms with Crippen LogP contribution in [0.3, 0.4) is 0 Å². The highest BCUT2D eigenvalue weighted by molar-refractivity contribution is 5.16. The van der Waals surface area contributed by atoms with Gasteiger partial charge < -0.3 is 5.11 Å². The lowest BCUT2D eigenvalue weighted by Crippen LogP contribution is -2.07. The van der Waals surface area contributed by atoms with Crippen LogP contribution in [0.1, 0.15) is 37.6 Å². The first-order valence-electron chi connectivity index (χ1n) is 4.80. The fraction of sp³-hybridized carbons (Fsp3) is 0.545. The predicted molar refractivity (Wildman–Crippen MR) is 53.3 cm³/mol. The first-order chi connectivity index (χ1) is 6.50. The lowest BCUT2D eigenvalue weighted by Gasteiger charge is -2.13. The Labute approximate surface area is 83.8 Å². The molecular formula is C11H16FNO. The van der Waals surface area contributed by atoms with E-state index in [2.05, 4.69) is 4.98 Å². The molecule has 0 saturated heterocycles. The minimum atomic E-state index is -0.796. The van der Waals surface area contributed by atoms with Gasteiger partial charge in [-0.05, 0) is 30.9 Å². The zero-order valence-electron chi connectivity index (χ0n) is 8.79. The van der Waals surface area contributed by atoms with E-state index in [0.29, 0.717) is 12.3 Å². The molecule has 14 heavy (non-hydrogen) atoms. The highest BCUT2D eigenvalue weighted by atomic mass is 19.1. The molecule has 1 N–H and O–H groups in total. The van der Waals surface area contributed by atoms with Crippen LogP contribution in [0.4, 0.5) is 4.39 Å². The van der Waals surface area contributed by atoms with Gasteiger partial charge in [0, 0.05) is 6.20 Å². The maximum absolute atomic E-state index is 13.3. The number of aromatic nitrogens is 1. The van der Waals surface area contributed by atoms with E-state index in [1.54, 1.807) is 13.1 Å². The summed E-state index contributed by atoms with van der Waals surface area (Å²) in [6.45, 7) is 5.74. The molecule has 1 aromatic rings. The summed E-state index contributed by atoms with van der Waals surface area (Å²) in [7, 11) is 0. The number of hydrogen-bond acceptors (Lipinski definition) is 2. The third kappa shape index (κ3) is 2.77. The molecule has 2 nitrogen and oxygen atoms in total. The zero-order valence-corrected chi connectivity index (χ0v) is 8.79. The molecule has 0 aliphatic rings. The number of aliphatic hydroxyl groups excluding tert-OH is 1. The van der Waals surface area contributed by atoms with Crippen LogP contribution in [-0.4, -0.2) is 10.1 Å². The van der Waals surface area contributed by atoms with Gasteiger partial charge in [0.2, 0.25) is 0 Å². The van der Waals surface area contributed by atoms with Crippen LogP contribution in [0, 0.1) is 18.7 Å². The molecule has 0 bridgehead atoms. The fourth-order valence-corrected chi connectivity index (χ4v) is 1.35. The maximum atomic E-state index is 13.3. The van der Waals surface area contributed by atoms with Gasteiger partial charge in [0.1, 0.15) is 11.5 Å². The minimum Gasteiger partial charge on any atom is -0.387 e. The number of pyridine rings is 1. The number of hydrogen-bond donors (Lipinski definition) is 1. The van der Waals surface area contributed by atoms with E-state index in [-0.39, 0.29) is 5.69 Å². The van der Waals surface area contributed by atoms with Crippen molar-refractivity contribution in [2.24, 2.45) is 5.92 Å². The van der Waals surface area contributed by atoms with Gasteiger partial charge in [-0.2, -0.15) is 0 Å². The summed E-state index contributed by atoms with van der Waals surface area (Å²) in [5.41, 5.74) is 0.923. The molecule has 1 heterocycles. The average Bonchev–Trinajstić information content (AvgIpc) is 2.01. The summed E-state index contributed by atoms with van der Waals surface area (Å²) in [5, 5.41) is 9.66. The van der Waals surface area contributed by atoms with Crippen LogP contribution in [0.5, 0.6) is 0 Å². The summed E-state index contributed by atoms with van der Waals surface area (Å²) in [6, 6.07) is 1.39. The van der Waals surface area contributed by atoms with Crippen molar-refractivity contribution in [2.45, 2.75) is 33.3 Å². The zero-order chi connectivity index (χ0) is 10.7. The van der Waals surface area contributed by atoms with Gasteiger partial charge in [-0.1, -0.05) is 13.8 Å². The van der Waals surface area contributed by atoms with E-state index < -0.39 is 11.9 Å². The van der Waals surface area contributed by atoms with Crippen LogP contribution < -0.4 is 0 Å². The molecule has 0 aliphatic carbocycles. The molecule has 0 aliphatic heterocycles. The Morgan fingerprint density at radius 2 is 2.14 bits per heavy atom. The van der Waals surface area contributed by atoms with Crippen molar-refractivity contribution in [1.82, 2.24) is 4.98 Å². The Hall–Kier alpha value is -0.960. The molecule has 0 fully saturated rings. The Morgan fingerprint density at radius 3 is 2.64 bits per heavy atom. The Bertz CT molecular complexity index is 312. The van der Waals surface area contributed by atoms with Crippen molar-refractivity contribution in [3.05, 3.63) is 29.3 Å². The molecule has 0 amide bonds. The molecule has 1 rings (SSSR count). The number of halogens is 1. The Balaban J connectivity index is 2.84. The van der Waals surface area contributed by atoms with Gasteiger partial charge >= 0.3 is 0 Å². The fourth-order valence-electron chi connectivity index (χ4n) is 1.35. The third-order valence-corrected chi connectivity index (χ3v) is 2.02. The number of aryl methyl sites for hydroxylation is 1. The van der Waals surface area contributed by atoms with Crippen molar-refractivity contribution < 1.29 is 9.50 Å². The lowest BCUT2D eigenvalue weighted by atomic mass is 10.0. The van der Waals surface area contributed by atoms with Crippen LogP contribution in [0.2, 0.25) is 0 Å². The number of nitrogens with zero attached hydrogens (tertiary/aromatic N) is 1. The van der Waals surface area contributed by atoms with Crippen LogP contribution in [0.25, 0.3) is 0 Å². The molecule has 1 atom stereocenters. The monoisotopic (exact) mass is 197 g/mol. The molecule has 0 radical (unpaired) electrons. The van der Waals surface area contributed by atoms with Gasteiger partial charge in [-0.25, -0.2) is 4.39 Å². The molecule has 0 spiro atoms. The second-order valence-electron chi connectivity index (χ2n) is 4.03. The van der Waals surface area contributed by atoms with Crippen molar-refractivity contribution >= 4 is 0 Å². The molecule has 0 aromatic carbocycles. The summed E-state index contributed by atoms with van der Waals surface area (Å²) in [6.07, 6.45) is 1.31.